The van der Waals surface area contributed by atoms with Gasteiger partial charge >= 0.3 is 0 Å². The Balaban J connectivity index is 0.000000205. The monoisotopic (exact) mass is 726 g/mol. The molecule has 0 bridgehead atoms. The number of halogens is 1. The Hall–Kier alpha value is -5.04. The van der Waals surface area contributed by atoms with Crippen molar-refractivity contribution in [2.24, 2.45) is 0 Å². The van der Waals surface area contributed by atoms with Gasteiger partial charge in [0.15, 0.2) is 5.65 Å². The molecule has 4 aromatic carbocycles. The van der Waals surface area contributed by atoms with Crippen molar-refractivity contribution in [1.82, 2.24) is 24.5 Å². The van der Waals surface area contributed by atoms with Gasteiger partial charge in [0.25, 0.3) is 0 Å². The van der Waals surface area contributed by atoms with Crippen LogP contribution in [-0.4, -0.2) is 24.5 Å². The van der Waals surface area contributed by atoms with Crippen LogP contribution < -0.4 is 0 Å². The van der Waals surface area contributed by atoms with Gasteiger partial charge in [0.1, 0.15) is 23.2 Å². The predicted molar refractivity (Wildman–Crippen MR) is 157 cm³/mol. The van der Waals surface area contributed by atoms with Crippen molar-refractivity contribution in [3.8, 4) is 28.3 Å². The molecule has 0 amide bonds. The summed E-state index contributed by atoms with van der Waals surface area (Å²) in [5, 5.41) is 1.73. The first-order valence-electron chi connectivity index (χ1n) is 12.9. The van der Waals surface area contributed by atoms with Crippen molar-refractivity contribution < 1.29 is 28.9 Å². The molecule has 8 aromatic rings. The van der Waals surface area contributed by atoms with E-state index in [1.165, 1.54) is 18.5 Å². The van der Waals surface area contributed by atoms with Gasteiger partial charge in [0, 0.05) is 43.4 Å². The van der Waals surface area contributed by atoms with Crippen LogP contribution in [0.15, 0.2) is 126 Å². The van der Waals surface area contributed by atoms with E-state index in [4.69, 9.17) is 9.40 Å². The molecule has 205 valence electrons. The van der Waals surface area contributed by atoms with Crippen LogP contribution >= 0.6 is 0 Å². The van der Waals surface area contributed by atoms with Gasteiger partial charge in [-0.15, -0.1) is 54.1 Å². The molecular formula is C34H20FIrN5O-2. The van der Waals surface area contributed by atoms with E-state index in [0.29, 0.717) is 28.2 Å². The Morgan fingerprint density at radius 2 is 1.64 bits per heavy atom. The Labute approximate surface area is 253 Å². The first-order valence-corrected chi connectivity index (χ1v) is 12.9. The molecule has 4 aromatic heterocycles. The molecule has 0 N–H and O–H groups in total. The molecule has 0 unspecified atom stereocenters. The summed E-state index contributed by atoms with van der Waals surface area (Å²) in [5.41, 5.74) is 6.06. The number of hydrogen-bond donors (Lipinski definition) is 0. The molecule has 42 heavy (non-hydrogen) atoms. The maximum absolute atomic E-state index is 13.7. The first kappa shape index (κ1) is 27.1. The number of aromatic nitrogens is 5. The molecule has 4 heterocycles. The fraction of sp³-hybridized carbons (Fsp3) is 0. The van der Waals surface area contributed by atoms with Crippen molar-refractivity contribution in [3.05, 3.63) is 140 Å². The van der Waals surface area contributed by atoms with Crippen LogP contribution in [0.1, 0.15) is 0 Å². The number of hydrogen-bond acceptors (Lipinski definition) is 5. The quantitative estimate of drug-likeness (QED) is 0.174. The molecule has 0 fully saturated rings. The second-order valence-corrected chi connectivity index (χ2v) is 9.17. The summed E-state index contributed by atoms with van der Waals surface area (Å²) in [5.74, 6) is 0.297. The third-order valence-electron chi connectivity index (χ3n) is 6.62. The van der Waals surface area contributed by atoms with E-state index in [0.717, 1.165) is 33.2 Å². The van der Waals surface area contributed by atoms with Crippen molar-refractivity contribution in [1.29, 1.82) is 0 Å². The van der Waals surface area contributed by atoms with Crippen molar-refractivity contribution >= 4 is 33.1 Å². The van der Waals surface area contributed by atoms with E-state index in [9.17, 15) is 4.39 Å². The van der Waals surface area contributed by atoms with Crippen LogP contribution in [0.5, 0.6) is 0 Å². The maximum Gasteiger partial charge on any atom is 0.171 e. The van der Waals surface area contributed by atoms with E-state index >= 15 is 0 Å². The fourth-order valence-electron chi connectivity index (χ4n) is 4.79. The van der Waals surface area contributed by atoms with Crippen LogP contribution in [-0.2, 0) is 20.1 Å². The molecule has 0 saturated heterocycles. The van der Waals surface area contributed by atoms with E-state index in [1.54, 1.807) is 18.5 Å². The third kappa shape index (κ3) is 5.09. The summed E-state index contributed by atoms with van der Waals surface area (Å²) in [6.07, 6.45) is 5.00. The Kier molecular flexibility index (Phi) is 7.64. The maximum atomic E-state index is 13.7. The normalized spacial score (nSPS) is 10.8. The molecule has 8 rings (SSSR count). The van der Waals surface area contributed by atoms with Gasteiger partial charge in [-0.3, -0.25) is 4.98 Å². The molecule has 6 nitrogen and oxygen atoms in total. The first-order chi connectivity index (χ1) is 20.3. The largest absolute Gasteiger partial charge is 0.500 e. The molecule has 0 spiro atoms. The second kappa shape index (κ2) is 11.8. The molecule has 8 heteroatoms. The number of imidazole rings is 1. The summed E-state index contributed by atoms with van der Waals surface area (Å²) in [6.45, 7) is 0. The van der Waals surface area contributed by atoms with Crippen molar-refractivity contribution in [2.45, 2.75) is 0 Å². The Morgan fingerprint density at radius 1 is 0.786 bits per heavy atom. The van der Waals surface area contributed by atoms with Crippen LogP contribution in [0.3, 0.4) is 0 Å². The minimum absolute atomic E-state index is 0. The Morgan fingerprint density at radius 3 is 2.45 bits per heavy atom. The van der Waals surface area contributed by atoms with Crippen LogP contribution in [0, 0.1) is 17.9 Å². The number of fused-ring (bicyclic) bond motifs is 4. The average Bonchev–Trinajstić information content (AvgIpc) is 3.61. The predicted octanol–water partition coefficient (Wildman–Crippen LogP) is 7.87. The SMILES string of the molecule is Fc1ccc2c(c1)oc1c(-c3nc4ncncc4n3-c3ccccc3)[c-]ccc12.[Ir].[c-]1ccccc1-c1ccccn1. The van der Waals surface area contributed by atoms with E-state index in [1.807, 2.05) is 89.5 Å². The Bertz CT molecular complexity index is 2080. The number of furan rings is 1. The number of nitrogens with zero attached hydrogens (tertiary/aromatic N) is 5. The van der Waals surface area contributed by atoms with E-state index in [-0.39, 0.29) is 25.9 Å². The van der Waals surface area contributed by atoms with Gasteiger partial charge in [0.2, 0.25) is 0 Å². The zero-order valence-corrected chi connectivity index (χ0v) is 24.3. The zero-order valence-electron chi connectivity index (χ0n) is 21.9. The van der Waals surface area contributed by atoms with Crippen molar-refractivity contribution in [2.75, 3.05) is 0 Å². The van der Waals surface area contributed by atoms with Gasteiger partial charge in [-0.25, -0.2) is 14.4 Å². The van der Waals surface area contributed by atoms with Crippen molar-refractivity contribution in [3.63, 3.8) is 0 Å². The summed E-state index contributed by atoms with van der Waals surface area (Å²) in [6, 6.07) is 38.2. The third-order valence-corrected chi connectivity index (χ3v) is 6.62. The second-order valence-electron chi connectivity index (χ2n) is 9.17. The molecule has 1 radical (unpaired) electrons. The fourth-order valence-corrected chi connectivity index (χ4v) is 4.79. The molecule has 0 aliphatic heterocycles. The van der Waals surface area contributed by atoms with Gasteiger partial charge in [-0.2, -0.15) is 0 Å². The molecular weight excluding hydrogens is 706 g/mol. The van der Waals surface area contributed by atoms with Crippen LogP contribution in [0.2, 0.25) is 0 Å². The van der Waals surface area contributed by atoms with Crippen LogP contribution in [0.25, 0.3) is 61.4 Å². The minimum Gasteiger partial charge on any atom is -0.500 e. The van der Waals surface area contributed by atoms with Gasteiger partial charge in [-0.05, 0) is 36.0 Å². The topological polar surface area (TPSA) is 69.6 Å². The summed E-state index contributed by atoms with van der Waals surface area (Å²) >= 11 is 0. The molecule has 0 atom stereocenters. The van der Waals surface area contributed by atoms with E-state index in [2.05, 4.69) is 27.1 Å². The standard InChI is InChI=1S/C23H12FN4O.C11H8N.Ir/c24-14-9-10-16-17-7-4-8-18(21(17)29-20(16)11-14)23-27-22-19(12-25-13-26-22)28(23)15-5-2-1-3-6-15;1-2-6-10(7-3-1)11-8-4-5-9-12-11;/h1-7,9-13H;1-6,8-9H;/q2*-1;. The number of para-hydroxylation sites is 1. The zero-order chi connectivity index (χ0) is 27.6. The molecule has 0 saturated carbocycles. The minimum atomic E-state index is -0.339. The van der Waals surface area contributed by atoms with E-state index < -0.39 is 0 Å². The molecule has 0 aliphatic carbocycles. The van der Waals surface area contributed by atoms with Gasteiger partial charge < -0.3 is 14.0 Å². The van der Waals surface area contributed by atoms with Gasteiger partial charge in [-0.1, -0.05) is 41.3 Å². The number of rotatable bonds is 3. The smallest absolute Gasteiger partial charge is 0.171 e. The summed E-state index contributed by atoms with van der Waals surface area (Å²) in [7, 11) is 0. The summed E-state index contributed by atoms with van der Waals surface area (Å²) < 4.78 is 21.7. The average molecular weight is 726 g/mol. The number of benzene rings is 4. The van der Waals surface area contributed by atoms with Crippen LogP contribution in [0.4, 0.5) is 4.39 Å². The molecule has 0 aliphatic rings. The number of pyridine rings is 1. The van der Waals surface area contributed by atoms with Gasteiger partial charge in [0.05, 0.1) is 17.6 Å². The summed E-state index contributed by atoms with van der Waals surface area (Å²) in [4.78, 5) is 17.4.